The van der Waals surface area contributed by atoms with Crippen LogP contribution < -0.4 is 10.6 Å². The summed E-state index contributed by atoms with van der Waals surface area (Å²) in [6.45, 7) is 7.21. The average molecular weight is 306 g/mol. The molecule has 0 unspecified atom stereocenters. The monoisotopic (exact) mass is 306 g/mol. The second-order valence-corrected chi connectivity index (χ2v) is 6.55. The van der Waals surface area contributed by atoms with Gasteiger partial charge in [-0.2, -0.15) is 0 Å². The van der Waals surface area contributed by atoms with Crippen LogP contribution in [0.1, 0.15) is 48.0 Å². The van der Waals surface area contributed by atoms with E-state index in [0.717, 1.165) is 13.0 Å². The number of hydrogen-bond acceptors (Lipinski definition) is 4. The Morgan fingerprint density at radius 3 is 2.50 bits per heavy atom. The summed E-state index contributed by atoms with van der Waals surface area (Å²) in [6, 6.07) is 3.12. The summed E-state index contributed by atoms with van der Waals surface area (Å²) in [4.78, 5) is 30.2. The van der Waals surface area contributed by atoms with Crippen LogP contribution in [0.15, 0.2) is 18.3 Å². The lowest BCUT2D eigenvalue weighted by molar-refractivity contribution is 0.0919. The van der Waals surface area contributed by atoms with Gasteiger partial charge < -0.3 is 15.5 Å². The molecule has 0 atom stereocenters. The van der Waals surface area contributed by atoms with Crippen molar-refractivity contribution in [3.63, 3.8) is 0 Å². The minimum atomic E-state index is -0.324. The Balaban J connectivity index is 2.63. The van der Waals surface area contributed by atoms with Crippen LogP contribution in [0, 0.1) is 0 Å². The smallest absolute Gasteiger partial charge is 0.269 e. The summed E-state index contributed by atoms with van der Waals surface area (Å²) < 4.78 is 0. The van der Waals surface area contributed by atoms with Gasteiger partial charge in [0.05, 0.1) is 0 Å². The van der Waals surface area contributed by atoms with E-state index in [9.17, 15) is 9.59 Å². The van der Waals surface area contributed by atoms with Crippen LogP contribution in [0.2, 0.25) is 0 Å². The summed E-state index contributed by atoms with van der Waals surface area (Å²) in [5.41, 5.74) is 0.365. The van der Waals surface area contributed by atoms with Gasteiger partial charge in [0, 0.05) is 23.8 Å². The van der Waals surface area contributed by atoms with E-state index in [4.69, 9.17) is 0 Å². The van der Waals surface area contributed by atoms with Crippen molar-refractivity contribution in [2.24, 2.45) is 0 Å². The molecule has 1 heterocycles. The first-order valence-corrected chi connectivity index (χ1v) is 7.40. The Hall–Kier alpha value is -1.95. The molecule has 0 aliphatic heterocycles. The van der Waals surface area contributed by atoms with Crippen molar-refractivity contribution in [3.05, 3.63) is 29.6 Å². The summed E-state index contributed by atoms with van der Waals surface area (Å²) >= 11 is 0. The molecule has 2 amide bonds. The summed E-state index contributed by atoms with van der Waals surface area (Å²) in [6.07, 6.45) is 2.34. The Morgan fingerprint density at radius 2 is 1.91 bits per heavy atom. The number of rotatable bonds is 6. The highest BCUT2D eigenvalue weighted by Gasteiger charge is 2.17. The summed E-state index contributed by atoms with van der Waals surface area (Å²) in [7, 11) is 3.97. The molecule has 1 aromatic rings. The number of pyridine rings is 1. The molecule has 0 radical (unpaired) electrons. The molecule has 0 fully saturated rings. The molecule has 0 saturated heterocycles. The number of nitrogens with zero attached hydrogens (tertiary/aromatic N) is 2. The lowest BCUT2D eigenvalue weighted by Crippen LogP contribution is -2.40. The molecule has 0 saturated carbocycles. The topological polar surface area (TPSA) is 74.3 Å². The van der Waals surface area contributed by atoms with Crippen LogP contribution in [0.5, 0.6) is 0 Å². The van der Waals surface area contributed by atoms with Gasteiger partial charge >= 0.3 is 0 Å². The first-order valence-electron chi connectivity index (χ1n) is 7.40. The maximum atomic E-state index is 12.1. The first-order chi connectivity index (χ1) is 10.2. The van der Waals surface area contributed by atoms with E-state index in [-0.39, 0.29) is 23.0 Å². The van der Waals surface area contributed by atoms with E-state index in [0.29, 0.717) is 12.1 Å². The predicted molar refractivity (Wildman–Crippen MR) is 87.0 cm³/mol. The zero-order valence-electron chi connectivity index (χ0n) is 14.1. The molecular formula is C16H26N4O2. The quantitative estimate of drug-likeness (QED) is 0.777. The first kappa shape index (κ1) is 18.1. The van der Waals surface area contributed by atoms with Crippen molar-refractivity contribution < 1.29 is 9.59 Å². The molecule has 22 heavy (non-hydrogen) atoms. The molecule has 0 aliphatic rings. The van der Waals surface area contributed by atoms with Gasteiger partial charge in [-0.3, -0.25) is 14.6 Å². The van der Waals surface area contributed by atoms with Gasteiger partial charge in [-0.15, -0.1) is 0 Å². The van der Waals surface area contributed by atoms with Gasteiger partial charge in [0.1, 0.15) is 5.69 Å². The Kier molecular flexibility index (Phi) is 6.49. The second-order valence-electron chi connectivity index (χ2n) is 6.55. The molecule has 0 bridgehead atoms. The van der Waals surface area contributed by atoms with Gasteiger partial charge in [0.25, 0.3) is 11.8 Å². The van der Waals surface area contributed by atoms with E-state index in [1.165, 1.54) is 12.3 Å². The van der Waals surface area contributed by atoms with Crippen molar-refractivity contribution >= 4 is 11.8 Å². The van der Waals surface area contributed by atoms with Crippen LogP contribution >= 0.6 is 0 Å². The van der Waals surface area contributed by atoms with E-state index in [1.54, 1.807) is 6.07 Å². The van der Waals surface area contributed by atoms with Crippen molar-refractivity contribution in [3.8, 4) is 0 Å². The largest absolute Gasteiger partial charge is 0.351 e. The molecule has 1 rings (SSSR count). The van der Waals surface area contributed by atoms with Gasteiger partial charge in [-0.25, -0.2) is 0 Å². The van der Waals surface area contributed by atoms with Gasteiger partial charge in [-0.1, -0.05) is 0 Å². The molecule has 2 N–H and O–H groups in total. The standard InChI is InChI=1S/C16H26N4O2/c1-16(2,3)19-14(21)12-7-9-17-13(11-12)15(22)18-8-6-10-20(4)5/h7,9,11H,6,8,10H2,1-5H3,(H,18,22)(H,19,21). The number of nitrogens with one attached hydrogen (secondary N) is 2. The SMILES string of the molecule is CN(C)CCCNC(=O)c1cc(C(=O)NC(C)(C)C)ccn1. The molecule has 1 aromatic heterocycles. The maximum Gasteiger partial charge on any atom is 0.269 e. The van der Waals surface area contributed by atoms with E-state index >= 15 is 0 Å². The number of hydrogen-bond donors (Lipinski definition) is 2. The average Bonchev–Trinajstić information content (AvgIpc) is 2.41. The van der Waals surface area contributed by atoms with Gasteiger partial charge in [0.15, 0.2) is 0 Å². The lowest BCUT2D eigenvalue weighted by atomic mass is 10.1. The maximum absolute atomic E-state index is 12.1. The lowest BCUT2D eigenvalue weighted by Gasteiger charge is -2.20. The number of carbonyl (C=O) groups excluding carboxylic acids is 2. The van der Waals surface area contributed by atoms with Gasteiger partial charge in [0.2, 0.25) is 0 Å². The minimum absolute atomic E-state index is 0.212. The van der Waals surface area contributed by atoms with Crippen LogP contribution in [0.3, 0.4) is 0 Å². The highest BCUT2D eigenvalue weighted by molar-refractivity contribution is 5.98. The molecule has 0 aromatic carbocycles. The zero-order valence-corrected chi connectivity index (χ0v) is 14.1. The van der Waals surface area contributed by atoms with Crippen molar-refractivity contribution in [2.45, 2.75) is 32.7 Å². The Bertz CT molecular complexity index is 521. The van der Waals surface area contributed by atoms with Crippen LogP contribution in [-0.4, -0.2) is 54.4 Å². The number of amides is 2. The summed E-state index contributed by atoms with van der Waals surface area (Å²) in [5, 5.41) is 5.67. The Morgan fingerprint density at radius 1 is 1.23 bits per heavy atom. The fourth-order valence-corrected chi connectivity index (χ4v) is 1.80. The highest BCUT2D eigenvalue weighted by atomic mass is 16.2. The molecule has 122 valence electrons. The second kappa shape index (κ2) is 7.89. The zero-order chi connectivity index (χ0) is 16.8. The normalized spacial score (nSPS) is 11.4. The van der Waals surface area contributed by atoms with Crippen molar-refractivity contribution in [1.82, 2.24) is 20.5 Å². The Labute approximate surface area is 132 Å². The van der Waals surface area contributed by atoms with Crippen molar-refractivity contribution in [2.75, 3.05) is 27.2 Å². The van der Waals surface area contributed by atoms with E-state index in [1.807, 2.05) is 34.9 Å². The van der Waals surface area contributed by atoms with E-state index in [2.05, 4.69) is 20.5 Å². The third-order valence-electron chi connectivity index (χ3n) is 2.81. The fraction of sp³-hybridized carbons (Fsp3) is 0.562. The molecule has 0 spiro atoms. The van der Waals surface area contributed by atoms with Crippen molar-refractivity contribution in [1.29, 1.82) is 0 Å². The van der Waals surface area contributed by atoms with E-state index < -0.39 is 0 Å². The molecule has 6 heteroatoms. The fourth-order valence-electron chi connectivity index (χ4n) is 1.80. The van der Waals surface area contributed by atoms with Gasteiger partial charge in [-0.05, 0) is 60.0 Å². The molecular weight excluding hydrogens is 280 g/mol. The third kappa shape index (κ3) is 6.67. The van der Waals surface area contributed by atoms with Crippen LogP contribution in [0.4, 0.5) is 0 Å². The van der Waals surface area contributed by atoms with Crippen LogP contribution in [-0.2, 0) is 0 Å². The third-order valence-corrected chi connectivity index (χ3v) is 2.81. The highest BCUT2D eigenvalue weighted by Crippen LogP contribution is 2.06. The molecule has 0 aliphatic carbocycles. The number of aromatic nitrogens is 1. The molecule has 6 nitrogen and oxygen atoms in total. The summed E-state index contributed by atoms with van der Waals surface area (Å²) in [5.74, 6) is -0.472. The minimum Gasteiger partial charge on any atom is -0.351 e. The number of carbonyl (C=O) groups is 2. The predicted octanol–water partition coefficient (Wildman–Crippen LogP) is 1.29. The van der Waals surface area contributed by atoms with Crippen LogP contribution in [0.25, 0.3) is 0 Å².